The van der Waals surface area contributed by atoms with E-state index in [-0.39, 0.29) is 5.41 Å². The molecule has 0 aliphatic carbocycles. The Kier molecular flexibility index (Phi) is 3.41. The van der Waals surface area contributed by atoms with Crippen LogP contribution in [0, 0.1) is 0 Å². The van der Waals surface area contributed by atoms with Crippen LogP contribution in [0.5, 0.6) is 0 Å². The molecule has 1 N–H and O–H groups in total. The van der Waals surface area contributed by atoms with E-state index in [0.29, 0.717) is 0 Å². The molecule has 0 radical (unpaired) electrons. The van der Waals surface area contributed by atoms with Gasteiger partial charge in [0.1, 0.15) is 5.82 Å². The van der Waals surface area contributed by atoms with Gasteiger partial charge >= 0.3 is 0 Å². The van der Waals surface area contributed by atoms with Gasteiger partial charge in [0, 0.05) is 30.0 Å². The molecular formula is C10H18N4OS. The van der Waals surface area contributed by atoms with Crippen LogP contribution in [0.3, 0.4) is 0 Å². The first-order chi connectivity index (χ1) is 7.55. The average Bonchev–Trinajstić information content (AvgIpc) is 2.67. The van der Waals surface area contributed by atoms with E-state index in [1.54, 1.807) is 0 Å². The van der Waals surface area contributed by atoms with Gasteiger partial charge in [-0.25, -0.2) is 9.99 Å². The van der Waals surface area contributed by atoms with E-state index in [1.807, 2.05) is 0 Å². The van der Waals surface area contributed by atoms with Crippen LogP contribution in [-0.4, -0.2) is 40.7 Å². The highest BCUT2D eigenvalue weighted by Gasteiger charge is 2.20. The monoisotopic (exact) mass is 242 g/mol. The maximum absolute atomic E-state index is 5.28. The minimum Gasteiger partial charge on any atom is -0.379 e. The Morgan fingerprint density at radius 3 is 2.56 bits per heavy atom. The molecule has 0 saturated carbocycles. The molecule has 0 spiro atoms. The molecule has 1 aliphatic rings. The van der Waals surface area contributed by atoms with Crippen LogP contribution in [0.2, 0.25) is 0 Å². The van der Waals surface area contributed by atoms with E-state index in [0.717, 1.165) is 37.3 Å². The van der Waals surface area contributed by atoms with Gasteiger partial charge in [0.2, 0.25) is 5.13 Å². The SMILES string of the molecule is CC(C)(C)c1nsc(NN2CCOCC2)n1. The molecule has 0 bridgehead atoms. The standard InChI is InChI=1S/C10H18N4OS/c1-10(2,3)8-11-9(16-13-8)12-14-4-6-15-7-5-14/h4-7H2,1-3H3,(H,11,12,13). The van der Waals surface area contributed by atoms with Crippen molar-refractivity contribution in [2.75, 3.05) is 31.7 Å². The summed E-state index contributed by atoms with van der Waals surface area (Å²) in [6.07, 6.45) is 0. The number of hydrazine groups is 1. The predicted octanol–water partition coefficient (Wildman–Crippen LogP) is 1.49. The summed E-state index contributed by atoms with van der Waals surface area (Å²) in [6, 6.07) is 0. The molecule has 90 valence electrons. The van der Waals surface area contributed by atoms with Crippen molar-refractivity contribution in [2.45, 2.75) is 26.2 Å². The first-order valence-corrected chi connectivity index (χ1v) is 6.26. The number of anilines is 1. The van der Waals surface area contributed by atoms with E-state index >= 15 is 0 Å². The van der Waals surface area contributed by atoms with Gasteiger partial charge in [-0.05, 0) is 0 Å². The van der Waals surface area contributed by atoms with Crippen molar-refractivity contribution < 1.29 is 4.74 Å². The quantitative estimate of drug-likeness (QED) is 0.851. The molecule has 0 amide bonds. The van der Waals surface area contributed by atoms with Gasteiger partial charge in [0.05, 0.1) is 13.2 Å². The fourth-order valence-corrected chi connectivity index (χ4v) is 2.17. The van der Waals surface area contributed by atoms with Crippen molar-refractivity contribution in [1.82, 2.24) is 14.4 Å². The molecular weight excluding hydrogens is 224 g/mol. The van der Waals surface area contributed by atoms with Gasteiger partial charge in [-0.3, -0.25) is 5.43 Å². The summed E-state index contributed by atoms with van der Waals surface area (Å²) < 4.78 is 9.65. The van der Waals surface area contributed by atoms with Crippen LogP contribution < -0.4 is 5.43 Å². The van der Waals surface area contributed by atoms with Gasteiger partial charge in [0.15, 0.2) is 0 Å². The molecule has 0 unspecified atom stereocenters. The molecule has 2 heterocycles. The molecule has 0 aromatic carbocycles. The number of aromatic nitrogens is 2. The summed E-state index contributed by atoms with van der Waals surface area (Å²) >= 11 is 1.42. The highest BCUT2D eigenvalue weighted by atomic mass is 32.1. The number of ether oxygens (including phenoxy) is 1. The van der Waals surface area contributed by atoms with E-state index in [4.69, 9.17) is 4.74 Å². The maximum Gasteiger partial charge on any atom is 0.217 e. The number of nitrogens with zero attached hydrogens (tertiary/aromatic N) is 3. The van der Waals surface area contributed by atoms with Crippen molar-refractivity contribution in [3.8, 4) is 0 Å². The predicted molar refractivity (Wildman–Crippen MR) is 64.6 cm³/mol. The third kappa shape index (κ3) is 2.90. The third-order valence-electron chi connectivity index (χ3n) is 2.36. The average molecular weight is 242 g/mol. The van der Waals surface area contributed by atoms with Gasteiger partial charge in [0.25, 0.3) is 0 Å². The Labute approximate surface area is 100.0 Å². The molecule has 1 aromatic rings. The lowest BCUT2D eigenvalue weighted by atomic mass is 9.96. The smallest absolute Gasteiger partial charge is 0.217 e. The lowest BCUT2D eigenvalue weighted by Crippen LogP contribution is -2.40. The van der Waals surface area contributed by atoms with Crippen LogP contribution >= 0.6 is 11.5 Å². The van der Waals surface area contributed by atoms with Crippen LogP contribution in [0.1, 0.15) is 26.6 Å². The van der Waals surface area contributed by atoms with Crippen molar-refractivity contribution in [2.24, 2.45) is 0 Å². The Bertz CT molecular complexity index is 341. The number of hydrogen-bond acceptors (Lipinski definition) is 6. The van der Waals surface area contributed by atoms with Crippen LogP contribution in [0.25, 0.3) is 0 Å². The zero-order valence-corrected chi connectivity index (χ0v) is 10.8. The van der Waals surface area contributed by atoms with Crippen LogP contribution in [0.4, 0.5) is 5.13 Å². The van der Waals surface area contributed by atoms with Crippen LogP contribution in [-0.2, 0) is 10.2 Å². The minimum absolute atomic E-state index is 0.0153. The molecule has 1 fully saturated rings. The number of hydrogen-bond donors (Lipinski definition) is 1. The minimum atomic E-state index is 0.0153. The van der Waals surface area contributed by atoms with Gasteiger partial charge in [-0.15, -0.1) is 0 Å². The second kappa shape index (κ2) is 4.65. The first-order valence-electron chi connectivity index (χ1n) is 5.49. The van der Waals surface area contributed by atoms with Gasteiger partial charge in [-0.2, -0.15) is 4.37 Å². The summed E-state index contributed by atoms with van der Waals surface area (Å²) in [5.41, 5.74) is 3.29. The molecule has 6 heteroatoms. The number of nitrogens with one attached hydrogen (secondary N) is 1. The molecule has 16 heavy (non-hydrogen) atoms. The summed E-state index contributed by atoms with van der Waals surface area (Å²) in [4.78, 5) is 4.49. The summed E-state index contributed by atoms with van der Waals surface area (Å²) in [6.45, 7) is 9.69. The van der Waals surface area contributed by atoms with E-state index in [2.05, 4.69) is 40.6 Å². The fourth-order valence-electron chi connectivity index (χ4n) is 1.38. The zero-order chi connectivity index (χ0) is 11.6. The summed E-state index contributed by atoms with van der Waals surface area (Å²) in [5, 5.41) is 2.99. The first kappa shape index (κ1) is 11.8. The molecule has 5 nitrogen and oxygen atoms in total. The fraction of sp³-hybridized carbons (Fsp3) is 0.800. The second-order valence-electron chi connectivity index (χ2n) is 4.88. The van der Waals surface area contributed by atoms with E-state index in [1.165, 1.54) is 11.5 Å². The summed E-state index contributed by atoms with van der Waals surface area (Å²) in [5.74, 6) is 0.897. The van der Waals surface area contributed by atoms with Crippen LogP contribution in [0.15, 0.2) is 0 Å². The largest absolute Gasteiger partial charge is 0.379 e. The lowest BCUT2D eigenvalue weighted by Gasteiger charge is -2.26. The Hall–Kier alpha value is -0.720. The normalized spacial score (nSPS) is 18.7. The molecule has 1 aliphatic heterocycles. The topological polar surface area (TPSA) is 50.3 Å². The number of rotatable bonds is 2. The number of morpholine rings is 1. The second-order valence-corrected chi connectivity index (χ2v) is 5.64. The molecule has 1 aromatic heterocycles. The van der Waals surface area contributed by atoms with Crippen molar-refractivity contribution in [3.63, 3.8) is 0 Å². The third-order valence-corrected chi connectivity index (χ3v) is 2.98. The summed E-state index contributed by atoms with van der Waals surface area (Å²) in [7, 11) is 0. The Balaban J connectivity index is 1.97. The van der Waals surface area contributed by atoms with Gasteiger partial charge < -0.3 is 4.74 Å². The van der Waals surface area contributed by atoms with Crippen molar-refractivity contribution >= 4 is 16.7 Å². The molecule has 0 atom stereocenters. The van der Waals surface area contributed by atoms with Crippen molar-refractivity contribution in [1.29, 1.82) is 0 Å². The zero-order valence-electron chi connectivity index (χ0n) is 9.99. The Morgan fingerprint density at radius 1 is 1.31 bits per heavy atom. The highest BCUT2D eigenvalue weighted by Crippen LogP contribution is 2.23. The molecule has 2 rings (SSSR count). The molecule has 1 saturated heterocycles. The van der Waals surface area contributed by atoms with Crippen molar-refractivity contribution in [3.05, 3.63) is 5.82 Å². The van der Waals surface area contributed by atoms with Gasteiger partial charge in [-0.1, -0.05) is 20.8 Å². The Morgan fingerprint density at radius 2 is 2.00 bits per heavy atom. The van der Waals surface area contributed by atoms with E-state index in [9.17, 15) is 0 Å². The lowest BCUT2D eigenvalue weighted by molar-refractivity contribution is 0.0497. The highest BCUT2D eigenvalue weighted by molar-refractivity contribution is 7.09. The van der Waals surface area contributed by atoms with E-state index < -0.39 is 0 Å². The maximum atomic E-state index is 5.28.